The van der Waals surface area contributed by atoms with E-state index in [1.54, 1.807) is 0 Å². The fourth-order valence-corrected chi connectivity index (χ4v) is 2.32. The van der Waals surface area contributed by atoms with Gasteiger partial charge in [0.1, 0.15) is 0 Å². The van der Waals surface area contributed by atoms with Crippen molar-refractivity contribution in [1.82, 2.24) is 5.32 Å². The summed E-state index contributed by atoms with van der Waals surface area (Å²) in [5, 5.41) is 3.40. The quantitative estimate of drug-likeness (QED) is 0.816. The predicted octanol–water partition coefficient (Wildman–Crippen LogP) is 3.94. The Labute approximate surface area is 124 Å². The van der Waals surface area contributed by atoms with E-state index in [2.05, 4.69) is 57.3 Å². The number of carbonyl (C=O) groups excluding carboxylic acids is 1. The van der Waals surface area contributed by atoms with E-state index in [1.807, 2.05) is 13.8 Å². The Morgan fingerprint density at radius 2 is 1.55 bits per heavy atom. The third-order valence-electron chi connectivity index (χ3n) is 3.53. The van der Waals surface area contributed by atoms with Crippen LogP contribution in [0.25, 0.3) is 0 Å². The van der Waals surface area contributed by atoms with E-state index in [0.29, 0.717) is 17.7 Å². The first-order chi connectivity index (χ1) is 9.31. The molecule has 0 aliphatic rings. The zero-order chi connectivity index (χ0) is 15.3. The SMILES string of the molecule is CC(C)NC(Cc1ccc(C(C)C)cc1)C(=O)C(C)C. The maximum Gasteiger partial charge on any atom is 0.152 e. The molecule has 1 unspecified atom stereocenters. The number of benzene rings is 1. The van der Waals surface area contributed by atoms with Crippen LogP contribution in [0.1, 0.15) is 58.6 Å². The van der Waals surface area contributed by atoms with Crippen LogP contribution in [-0.4, -0.2) is 17.9 Å². The van der Waals surface area contributed by atoms with Crippen LogP contribution in [0.2, 0.25) is 0 Å². The van der Waals surface area contributed by atoms with Crippen molar-refractivity contribution in [2.45, 2.75) is 66.0 Å². The number of carbonyl (C=O) groups is 1. The van der Waals surface area contributed by atoms with E-state index in [1.165, 1.54) is 11.1 Å². The minimum Gasteiger partial charge on any atom is -0.305 e. The number of hydrogen-bond acceptors (Lipinski definition) is 2. The van der Waals surface area contributed by atoms with Crippen molar-refractivity contribution < 1.29 is 4.79 Å². The highest BCUT2D eigenvalue weighted by Crippen LogP contribution is 2.16. The molecule has 0 bridgehead atoms. The van der Waals surface area contributed by atoms with E-state index in [4.69, 9.17) is 0 Å². The van der Waals surface area contributed by atoms with Crippen LogP contribution < -0.4 is 5.32 Å². The lowest BCUT2D eigenvalue weighted by Gasteiger charge is -2.22. The third kappa shape index (κ3) is 5.09. The minimum absolute atomic E-state index is 0.0705. The van der Waals surface area contributed by atoms with Gasteiger partial charge < -0.3 is 5.32 Å². The summed E-state index contributed by atoms with van der Waals surface area (Å²) in [5.74, 6) is 0.916. The van der Waals surface area contributed by atoms with Gasteiger partial charge >= 0.3 is 0 Å². The van der Waals surface area contributed by atoms with Crippen LogP contribution in [0.15, 0.2) is 24.3 Å². The van der Waals surface area contributed by atoms with Gasteiger partial charge in [0.25, 0.3) is 0 Å². The smallest absolute Gasteiger partial charge is 0.152 e. The van der Waals surface area contributed by atoms with Crippen LogP contribution in [-0.2, 0) is 11.2 Å². The molecule has 0 saturated heterocycles. The summed E-state index contributed by atoms with van der Waals surface area (Å²) in [6.45, 7) is 12.5. The van der Waals surface area contributed by atoms with Gasteiger partial charge in [-0.15, -0.1) is 0 Å². The summed E-state index contributed by atoms with van der Waals surface area (Å²) in [6.07, 6.45) is 0.771. The summed E-state index contributed by atoms with van der Waals surface area (Å²) in [4.78, 5) is 12.3. The maximum atomic E-state index is 12.3. The normalized spacial score (nSPS) is 13.2. The monoisotopic (exact) mass is 275 g/mol. The average molecular weight is 275 g/mol. The molecule has 0 aliphatic heterocycles. The molecule has 0 saturated carbocycles. The van der Waals surface area contributed by atoms with Crippen molar-refractivity contribution in [1.29, 1.82) is 0 Å². The highest BCUT2D eigenvalue weighted by molar-refractivity contribution is 5.86. The molecule has 1 N–H and O–H groups in total. The molecule has 2 nitrogen and oxygen atoms in total. The van der Waals surface area contributed by atoms with Gasteiger partial charge in [-0.05, 0) is 23.5 Å². The fraction of sp³-hybridized carbons (Fsp3) is 0.611. The first kappa shape index (κ1) is 16.9. The van der Waals surface area contributed by atoms with E-state index < -0.39 is 0 Å². The lowest BCUT2D eigenvalue weighted by Crippen LogP contribution is -2.44. The predicted molar refractivity (Wildman–Crippen MR) is 86.1 cm³/mol. The molecule has 0 fully saturated rings. The summed E-state index contributed by atoms with van der Waals surface area (Å²) < 4.78 is 0. The Balaban J connectivity index is 2.81. The molecular formula is C18H29NO. The second-order valence-electron chi connectivity index (χ2n) is 6.53. The van der Waals surface area contributed by atoms with Crippen LogP contribution in [0.5, 0.6) is 0 Å². The van der Waals surface area contributed by atoms with E-state index >= 15 is 0 Å². The maximum absolute atomic E-state index is 12.3. The summed E-state index contributed by atoms with van der Waals surface area (Å²) >= 11 is 0. The highest BCUT2D eigenvalue weighted by atomic mass is 16.1. The van der Waals surface area contributed by atoms with Gasteiger partial charge in [-0.3, -0.25) is 4.79 Å². The van der Waals surface area contributed by atoms with Crippen molar-refractivity contribution >= 4 is 5.78 Å². The van der Waals surface area contributed by atoms with E-state index in [-0.39, 0.29) is 12.0 Å². The zero-order valence-corrected chi connectivity index (χ0v) is 13.7. The Bertz CT molecular complexity index is 418. The molecule has 1 rings (SSSR count). The van der Waals surface area contributed by atoms with Gasteiger partial charge in [0.2, 0.25) is 0 Å². The topological polar surface area (TPSA) is 29.1 Å². The molecule has 0 radical (unpaired) electrons. The molecular weight excluding hydrogens is 246 g/mol. The van der Waals surface area contributed by atoms with Crippen LogP contribution in [0.4, 0.5) is 0 Å². The minimum atomic E-state index is -0.0834. The van der Waals surface area contributed by atoms with Crippen molar-refractivity contribution in [2.24, 2.45) is 5.92 Å². The Hall–Kier alpha value is -1.15. The lowest BCUT2D eigenvalue weighted by molar-refractivity contribution is -0.124. The number of hydrogen-bond donors (Lipinski definition) is 1. The Morgan fingerprint density at radius 1 is 1.00 bits per heavy atom. The third-order valence-corrected chi connectivity index (χ3v) is 3.53. The Kier molecular flexibility index (Phi) is 6.41. The van der Waals surface area contributed by atoms with Crippen molar-refractivity contribution in [2.75, 3.05) is 0 Å². The number of Topliss-reactive ketones (excluding diaryl/α,β-unsaturated/α-hetero) is 1. The van der Waals surface area contributed by atoms with Gasteiger partial charge in [0, 0.05) is 12.0 Å². The van der Waals surface area contributed by atoms with E-state index in [0.717, 1.165) is 6.42 Å². The molecule has 20 heavy (non-hydrogen) atoms. The molecule has 112 valence electrons. The zero-order valence-electron chi connectivity index (χ0n) is 13.7. The molecule has 1 aromatic carbocycles. The largest absolute Gasteiger partial charge is 0.305 e. The van der Waals surface area contributed by atoms with Crippen molar-refractivity contribution in [3.8, 4) is 0 Å². The number of rotatable bonds is 7. The summed E-state index contributed by atoms with van der Waals surface area (Å²) in [5.41, 5.74) is 2.57. The molecule has 0 heterocycles. The Morgan fingerprint density at radius 3 is 1.95 bits per heavy atom. The van der Waals surface area contributed by atoms with Crippen molar-refractivity contribution in [3.63, 3.8) is 0 Å². The summed E-state index contributed by atoms with van der Waals surface area (Å²) in [6, 6.07) is 8.88. The summed E-state index contributed by atoms with van der Waals surface area (Å²) in [7, 11) is 0. The van der Waals surface area contributed by atoms with Gasteiger partial charge in [-0.1, -0.05) is 65.8 Å². The number of nitrogens with one attached hydrogen (secondary N) is 1. The molecule has 1 aromatic rings. The molecule has 0 aliphatic carbocycles. The molecule has 0 spiro atoms. The van der Waals surface area contributed by atoms with Crippen LogP contribution >= 0.6 is 0 Å². The molecule has 0 aromatic heterocycles. The van der Waals surface area contributed by atoms with Gasteiger partial charge in [-0.2, -0.15) is 0 Å². The van der Waals surface area contributed by atoms with Gasteiger partial charge in [0.05, 0.1) is 6.04 Å². The second-order valence-corrected chi connectivity index (χ2v) is 6.53. The van der Waals surface area contributed by atoms with E-state index in [9.17, 15) is 4.79 Å². The van der Waals surface area contributed by atoms with Crippen molar-refractivity contribution in [3.05, 3.63) is 35.4 Å². The molecule has 1 atom stereocenters. The highest BCUT2D eigenvalue weighted by Gasteiger charge is 2.22. The fourth-order valence-electron chi connectivity index (χ4n) is 2.32. The first-order valence-corrected chi connectivity index (χ1v) is 7.69. The van der Waals surface area contributed by atoms with Gasteiger partial charge in [-0.25, -0.2) is 0 Å². The van der Waals surface area contributed by atoms with Gasteiger partial charge in [0.15, 0.2) is 5.78 Å². The standard InChI is InChI=1S/C18H29NO/c1-12(2)16-9-7-15(8-10-16)11-17(19-14(5)6)18(20)13(3)4/h7-10,12-14,17,19H,11H2,1-6H3. The second kappa shape index (κ2) is 7.58. The first-order valence-electron chi connectivity index (χ1n) is 7.69. The lowest BCUT2D eigenvalue weighted by atomic mass is 9.93. The molecule has 2 heteroatoms. The van der Waals surface area contributed by atoms with Crippen LogP contribution in [0.3, 0.4) is 0 Å². The average Bonchev–Trinajstić information content (AvgIpc) is 2.37. The number of ketones is 1. The molecule has 0 amide bonds. The van der Waals surface area contributed by atoms with Crippen LogP contribution in [0, 0.1) is 5.92 Å².